The first kappa shape index (κ1) is 15.5. The molecule has 0 saturated carbocycles. The summed E-state index contributed by atoms with van der Waals surface area (Å²) in [5, 5.41) is 20.9. The minimum atomic E-state index is -3.40. The van der Waals surface area contributed by atoms with Crippen LogP contribution >= 0.6 is 0 Å². The Hall–Kier alpha value is -1.93. The predicted octanol–water partition coefficient (Wildman–Crippen LogP) is 0.129. The SMILES string of the molecule is N#Cc1ccc(S(=O)(=O)CCN2CCNCC2C#N)cc1. The monoisotopic (exact) mass is 304 g/mol. The van der Waals surface area contributed by atoms with Gasteiger partial charge in [-0.2, -0.15) is 10.5 Å². The Morgan fingerprint density at radius 2 is 2.00 bits per heavy atom. The van der Waals surface area contributed by atoms with E-state index in [2.05, 4.69) is 11.4 Å². The van der Waals surface area contributed by atoms with Crippen LogP contribution in [0.3, 0.4) is 0 Å². The summed E-state index contributed by atoms with van der Waals surface area (Å²) in [6, 6.07) is 9.75. The molecule has 1 aliphatic heterocycles. The number of piperazine rings is 1. The van der Waals surface area contributed by atoms with E-state index in [1.54, 1.807) is 0 Å². The molecule has 1 N–H and O–H groups in total. The summed E-state index contributed by atoms with van der Waals surface area (Å²) in [7, 11) is -3.40. The Morgan fingerprint density at radius 3 is 2.62 bits per heavy atom. The van der Waals surface area contributed by atoms with Crippen molar-refractivity contribution in [3.8, 4) is 12.1 Å². The number of benzene rings is 1. The zero-order chi connectivity index (χ0) is 15.3. The van der Waals surface area contributed by atoms with Gasteiger partial charge >= 0.3 is 0 Å². The molecule has 0 aliphatic carbocycles. The van der Waals surface area contributed by atoms with Crippen LogP contribution in [0.25, 0.3) is 0 Å². The molecular formula is C14H16N4O2S. The smallest absolute Gasteiger partial charge is 0.179 e. The van der Waals surface area contributed by atoms with E-state index in [-0.39, 0.29) is 16.7 Å². The normalized spacial score (nSPS) is 19.6. The third-order valence-corrected chi connectivity index (χ3v) is 5.20. The average molecular weight is 304 g/mol. The molecule has 1 unspecified atom stereocenters. The molecule has 1 aromatic rings. The molecule has 1 atom stereocenters. The van der Waals surface area contributed by atoms with Crippen LogP contribution in [0.2, 0.25) is 0 Å². The molecule has 1 aromatic carbocycles. The summed E-state index contributed by atoms with van der Waals surface area (Å²) in [5.74, 6) is -0.0307. The van der Waals surface area contributed by atoms with Crippen molar-refractivity contribution >= 4 is 9.84 Å². The quantitative estimate of drug-likeness (QED) is 0.849. The minimum Gasteiger partial charge on any atom is -0.313 e. The fraction of sp³-hybridized carbons (Fsp3) is 0.429. The molecule has 1 aliphatic rings. The van der Waals surface area contributed by atoms with Gasteiger partial charge in [0.1, 0.15) is 6.04 Å². The van der Waals surface area contributed by atoms with Gasteiger partial charge in [0.25, 0.3) is 0 Å². The van der Waals surface area contributed by atoms with Crippen LogP contribution in [0.4, 0.5) is 0 Å². The third kappa shape index (κ3) is 3.79. The molecule has 6 nitrogen and oxygen atoms in total. The highest BCUT2D eigenvalue weighted by atomic mass is 32.2. The number of nitrogens with zero attached hydrogens (tertiary/aromatic N) is 3. The lowest BCUT2D eigenvalue weighted by Gasteiger charge is -2.31. The van der Waals surface area contributed by atoms with E-state index in [0.29, 0.717) is 25.2 Å². The summed E-state index contributed by atoms with van der Waals surface area (Å²) >= 11 is 0. The zero-order valence-corrected chi connectivity index (χ0v) is 12.3. The van der Waals surface area contributed by atoms with Gasteiger partial charge in [-0.15, -0.1) is 0 Å². The summed E-state index contributed by atoms with van der Waals surface area (Å²) in [4.78, 5) is 2.10. The molecule has 1 saturated heterocycles. The number of hydrogen-bond donors (Lipinski definition) is 1. The standard InChI is InChI=1S/C14H16N4O2S/c15-9-12-1-3-14(4-2-12)21(19,20)8-7-18-6-5-17-11-13(18)10-16/h1-4,13,17H,5-8,11H2. The lowest BCUT2D eigenvalue weighted by Crippen LogP contribution is -2.51. The van der Waals surface area contributed by atoms with Gasteiger partial charge in [0.15, 0.2) is 9.84 Å². The van der Waals surface area contributed by atoms with E-state index in [9.17, 15) is 8.42 Å². The van der Waals surface area contributed by atoms with E-state index in [1.807, 2.05) is 11.0 Å². The highest BCUT2D eigenvalue weighted by molar-refractivity contribution is 7.91. The van der Waals surface area contributed by atoms with Crippen molar-refractivity contribution in [2.45, 2.75) is 10.9 Å². The average Bonchev–Trinajstić information content (AvgIpc) is 2.53. The number of rotatable bonds is 4. The van der Waals surface area contributed by atoms with Crippen molar-refractivity contribution in [2.75, 3.05) is 31.9 Å². The Balaban J connectivity index is 2.04. The maximum Gasteiger partial charge on any atom is 0.179 e. The van der Waals surface area contributed by atoms with Crippen molar-refractivity contribution in [1.82, 2.24) is 10.2 Å². The number of sulfone groups is 1. The largest absolute Gasteiger partial charge is 0.313 e. The Morgan fingerprint density at radius 1 is 1.29 bits per heavy atom. The Bertz CT molecular complexity index is 670. The van der Waals surface area contributed by atoms with Gasteiger partial charge in [0, 0.05) is 26.2 Å². The molecule has 110 valence electrons. The summed E-state index contributed by atoms with van der Waals surface area (Å²) < 4.78 is 24.5. The number of hydrogen-bond acceptors (Lipinski definition) is 6. The molecule has 21 heavy (non-hydrogen) atoms. The fourth-order valence-corrected chi connectivity index (χ4v) is 3.49. The third-order valence-electron chi connectivity index (χ3n) is 3.49. The molecule has 0 radical (unpaired) electrons. The second kappa shape index (κ2) is 6.68. The molecule has 0 bridgehead atoms. The molecule has 0 aromatic heterocycles. The minimum absolute atomic E-state index is 0.0307. The van der Waals surface area contributed by atoms with Crippen LogP contribution in [0.1, 0.15) is 5.56 Å². The van der Waals surface area contributed by atoms with E-state index < -0.39 is 9.84 Å². The van der Waals surface area contributed by atoms with Gasteiger partial charge in [0.2, 0.25) is 0 Å². The van der Waals surface area contributed by atoms with Crippen LogP contribution in [-0.4, -0.2) is 51.3 Å². The highest BCUT2D eigenvalue weighted by Crippen LogP contribution is 2.13. The van der Waals surface area contributed by atoms with E-state index in [4.69, 9.17) is 10.5 Å². The first-order valence-electron chi connectivity index (χ1n) is 6.64. The van der Waals surface area contributed by atoms with Gasteiger partial charge in [-0.3, -0.25) is 4.90 Å². The molecule has 0 amide bonds. The maximum absolute atomic E-state index is 12.3. The predicted molar refractivity (Wildman–Crippen MR) is 77.1 cm³/mol. The Labute approximate surface area is 124 Å². The van der Waals surface area contributed by atoms with Gasteiger partial charge in [0.05, 0.1) is 28.4 Å². The summed E-state index contributed by atoms with van der Waals surface area (Å²) in [5.41, 5.74) is 0.431. The van der Waals surface area contributed by atoms with Crippen molar-refractivity contribution in [1.29, 1.82) is 10.5 Å². The highest BCUT2D eigenvalue weighted by Gasteiger charge is 2.24. The maximum atomic E-state index is 12.3. The number of nitriles is 2. The van der Waals surface area contributed by atoms with Crippen LogP contribution in [0.5, 0.6) is 0 Å². The Kier molecular flexibility index (Phi) is 4.92. The first-order valence-corrected chi connectivity index (χ1v) is 8.29. The van der Waals surface area contributed by atoms with Gasteiger partial charge < -0.3 is 5.32 Å². The van der Waals surface area contributed by atoms with Crippen molar-refractivity contribution in [3.05, 3.63) is 29.8 Å². The van der Waals surface area contributed by atoms with Crippen LogP contribution in [-0.2, 0) is 9.84 Å². The molecule has 1 heterocycles. The van der Waals surface area contributed by atoms with Gasteiger partial charge in [-0.25, -0.2) is 8.42 Å². The zero-order valence-electron chi connectivity index (χ0n) is 11.5. The molecule has 1 fully saturated rings. The van der Waals surface area contributed by atoms with Crippen LogP contribution in [0, 0.1) is 22.7 Å². The first-order chi connectivity index (χ1) is 10.1. The van der Waals surface area contributed by atoms with E-state index in [1.165, 1.54) is 24.3 Å². The molecular weight excluding hydrogens is 288 g/mol. The second-order valence-electron chi connectivity index (χ2n) is 4.84. The van der Waals surface area contributed by atoms with Crippen molar-refractivity contribution in [2.24, 2.45) is 0 Å². The molecule has 0 spiro atoms. The second-order valence-corrected chi connectivity index (χ2v) is 6.95. The lowest BCUT2D eigenvalue weighted by molar-refractivity contribution is 0.208. The molecule has 7 heteroatoms. The molecule has 2 rings (SSSR count). The number of nitrogens with one attached hydrogen (secondary N) is 1. The lowest BCUT2D eigenvalue weighted by atomic mass is 10.2. The summed E-state index contributed by atoms with van der Waals surface area (Å²) in [6.45, 7) is 2.33. The van der Waals surface area contributed by atoms with Crippen LogP contribution in [0.15, 0.2) is 29.2 Å². The van der Waals surface area contributed by atoms with E-state index in [0.717, 1.165) is 6.54 Å². The van der Waals surface area contributed by atoms with Gasteiger partial charge in [-0.1, -0.05) is 0 Å². The van der Waals surface area contributed by atoms with Crippen molar-refractivity contribution in [3.63, 3.8) is 0 Å². The van der Waals surface area contributed by atoms with Gasteiger partial charge in [-0.05, 0) is 24.3 Å². The van der Waals surface area contributed by atoms with Crippen LogP contribution < -0.4 is 5.32 Å². The topological polar surface area (TPSA) is 97.0 Å². The van der Waals surface area contributed by atoms with Crippen molar-refractivity contribution < 1.29 is 8.42 Å². The van der Waals surface area contributed by atoms with E-state index >= 15 is 0 Å². The summed E-state index contributed by atoms with van der Waals surface area (Å²) in [6.07, 6.45) is 0. The fourth-order valence-electron chi connectivity index (χ4n) is 2.23.